The first kappa shape index (κ1) is 15.3. The molecule has 2 atom stereocenters. The molecule has 6 heteroatoms. The third-order valence-electron chi connectivity index (χ3n) is 2.44. The second kappa shape index (κ2) is 7.67. The lowest BCUT2D eigenvalue weighted by atomic mass is 10.2. The van der Waals surface area contributed by atoms with Crippen LogP contribution >= 0.6 is 0 Å². The van der Waals surface area contributed by atoms with Crippen LogP contribution < -0.4 is 5.32 Å². The summed E-state index contributed by atoms with van der Waals surface area (Å²) in [5.74, 6) is 4.79. The lowest BCUT2D eigenvalue weighted by molar-refractivity contribution is 0.0949. The zero-order valence-electron chi connectivity index (χ0n) is 10.8. The van der Waals surface area contributed by atoms with Crippen LogP contribution in [-0.4, -0.2) is 44.9 Å². The second-order valence-electron chi connectivity index (χ2n) is 3.88. The Kier molecular flexibility index (Phi) is 6.19. The summed E-state index contributed by atoms with van der Waals surface area (Å²) in [6.45, 7) is 1.83. The first-order valence-electron chi connectivity index (χ1n) is 5.71. The van der Waals surface area contributed by atoms with Crippen LogP contribution in [0.5, 0.6) is 0 Å². The molecule has 0 aromatic carbocycles. The molecule has 1 rings (SSSR count). The lowest BCUT2D eigenvalue weighted by Crippen LogP contribution is -2.33. The molecular weight excluding hydrogens is 264 g/mol. The van der Waals surface area contributed by atoms with Crippen molar-refractivity contribution in [2.45, 2.75) is 12.2 Å². The highest BCUT2D eigenvalue weighted by Crippen LogP contribution is 2.03. The predicted molar refractivity (Wildman–Crippen MR) is 74.1 cm³/mol. The summed E-state index contributed by atoms with van der Waals surface area (Å²) in [7, 11) is -0.989. The molecule has 0 radical (unpaired) electrons. The Morgan fingerprint density at radius 2 is 2.37 bits per heavy atom. The number of nitrogens with zero attached hydrogens (tertiary/aromatic N) is 1. The monoisotopic (exact) mass is 280 g/mol. The van der Waals surface area contributed by atoms with Gasteiger partial charge in [-0.1, -0.05) is 11.8 Å². The SMILES string of the molecule is CC(CNC(=O)c1ncccc1C#CCO)S(C)=O. The number of carbonyl (C=O) groups is 1. The van der Waals surface area contributed by atoms with Crippen molar-refractivity contribution in [3.05, 3.63) is 29.6 Å². The van der Waals surface area contributed by atoms with Crippen molar-refractivity contribution in [1.82, 2.24) is 10.3 Å². The summed E-state index contributed by atoms with van der Waals surface area (Å²) in [5.41, 5.74) is 0.664. The van der Waals surface area contributed by atoms with Crippen molar-refractivity contribution in [2.24, 2.45) is 0 Å². The van der Waals surface area contributed by atoms with Gasteiger partial charge in [-0.15, -0.1) is 0 Å². The number of hydrogen-bond donors (Lipinski definition) is 2. The standard InChI is InChI=1S/C13H16N2O3S/c1-10(19(2)18)9-15-13(17)12-11(6-4-8-16)5-3-7-14-12/h3,5,7,10,16H,8-9H2,1-2H3,(H,15,17). The molecule has 0 saturated carbocycles. The van der Waals surface area contributed by atoms with Gasteiger partial charge in [0.25, 0.3) is 5.91 Å². The highest BCUT2D eigenvalue weighted by Gasteiger charge is 2.13. The van der Waals surface area contributed by atoms with Crippen LogP contribution in [0.1, 0.15) is 23.0 Å². The topological polar surface area (TPSA) is 79.3 Å². The zero-order chi connectivity index (χ0) is 14.3. The maximum absolute atomic E-state index is 12.0. The average molecular weight is 280 g/mol. The molecule has 0 aliphatic heterocycles. The van der Waals surface area contributed by atoms with Crippen molar-refractivity contribution in [3.8, 4) is 11.8 Å². The molecule has 2 unspecified atom stereocenters. The Morgan fingerprint density at radius 3 is 3.00 bits per heavy atom. The molecule has 0 fully saturated rings. The van der Waals surface area contributed by atoms with Gasteiger partial charge in [0.2, 0.25) is 0 Å². The number of aliphatic hydroxyl groups is 1. The summed E-state index contributed by atoms with van der Waals surface area (Å²) >= 11 is 0. The molecule has 1 aromatic rings. The average Bonchev–Trinajstić information content (AvgIpc) is 2.42. The minimum atomic E-state index is -0.989. The molecule has 0 aliphatic carbocycles. The Labute approximate surface area is 114 Å². The molecule has 1 aromatic heterocycles. The fraction of sp³-hybridized carbons (Fsp3) is 0.385. The van der Waals surface area contributed by atoms with Gasteiger partial charge < -0.3 is 10.4 Å². The molecule has 102 valence electrons. The van der Waals surface area contributed by atoms with Gasteiger partial charge in [0, 0.05) is 35.0 Å². The van der Waals surface area contributed by atoms with Crippen molar-refractivity contribution in [1.29, 1.82) is 0 Å². The molecule has 0 spiro atoms. The van der Waals surface area contributed by atoms with Crippen LogP contribution in [0.2, 0.25) is 0 Å². The molecule has 2 N–H and O–H groups in total. The lowest BCUT2D eigenvalue weighted by Gasteiger charge is -2.10. The molecule has 0 aliphatic rings. The van der Waals surface area contributed by atoms with Crippen LogP contribution in [-0.2, 0) is 10.8 Å². The summed E-state index contributed by atoms with van der Waals surface area (Å²) in [6.07, 6.45) is 3.09. The van der Waals surface area contributed by atoms with Gasteiger partial charge in [-0.3, -0.25) is 9.00 Å². The molecule has 19 heavy (non-hydrogen) atoms. The Hall–Kier alpha value is -1.71. The number of amides is 1. The first-order valence-corrected chi connectivity index (χ1v) is 7.33. The van der Waals surface area contributed by atoms with E-state index in [1.807, 2.05) is 0 Å². The predicted octanol–water partition coefficient (Wildman–Crippen LogP) is -0.0778. The van der Waals surface area contributed by atoms with E-state index in [1.54, 1.807) is 25.3 Å². The van der Waals surface area contributed by atoms with E-state index < -0.39 is 10.8 Å². The molecule has 0 bridgehead atoms. The van der Waals surface area contributed by atoms with Crippen LogP contribution in [0.15, 0.2) is 18.3 Å². The summed E-state index contributed by atoms with van der Waals surface area (Å²) in [6, 6.07) is 3.33. The van der Waals surface area contributed by atoms with E-state index in [-0.39, 0.29) is 23.5 Å². The Morgan fingerprint density at radius 1 is 1.63 bits per heavy atom. The smallest absolute Gasteiger partial charge is 0.271 e. The van der Waals surface area contributed by atoms with Crippen LogP contribution in [0.3, 0.4) is 0 Å². The van der Waals surface area contributed by atoms with Gasteiger partial charge >= 0.3 is 0 Å². The number of hydrogen-bond acceptors (Lipinski definition) is 4. The van der Waals surface area contributed by atoms with Gasteiger partial charge in [-0.05, 0) is 19.1 Å². The van der Waals surface area contributed by atoms with E-state index in [0.717, 1.165) is 0 Å². The van der Waals surface area contributed by atoms with Crippen molar-refractivity contribution >= 4 is 16.7 Å². The van der Waals surface area contributed by atoms with E-state index in [1.165, 1.54) is 6.20 Å². The fourth-order valence-electron chi connectivity index (χ4n) is 1.26. The minimum Gasteiger partial charge on any atom is -0.384 e. The Balaban J connectivity index is 2.79. The Bertz CT molecular complexity index is 534. The van der Waals surface area contributed by atoms with Gasteiger partial charge in [0.15, 0.2) is 0 Å². The van der Waals surface area contributed by atoms with Gasteiger partial charge in [-0.25, -0.2) is 4.98 Å². The number of nitrogens with one attached hydrogen (secondary N) is 1. The van der Waals surface area contributed by atoms with Crippen molar-refractivity contribution in [3.63, 3.8) is 0 Å². The molecule has 1 heterocycles. The highest BCUT2D eigenvalue weighted by molar-refractivity contribution is 7.84. The number of aliphatic hydroxyl groups excluding tert-OH is 1. The number of rotatable bonds is 4. The summed E-state index contributed by atoms with van der Waals surface area (Å²) in [5, 5.41) is 11.2. The van der Waals surface area contributed by atoms with E-state index in [2.05, 4.69) is 22.1 Å². The van der Waals surface area contributed by atoms with Crippen molar-refractivity contribution < 1.29 is 14.1 Å². The third kappa shape index (κ3) is 4.81. The number of aromatic nitrogens is 1. The normalized spacial score (nSPS) is 13.0. The molecule has 5 nitrogen and oxygen atoms in total. The van der Waals surface area contributed by atoms with Crippen LogP contribution in [0.4, 0.5) is 0 Å². The first-order chi connectivity index (χ1) is 9.06. The van der Waals surface area contributed by atoms with Crippen LogP contribution in [0, 0.1) is 11.8 Å². The molecular formula is C13H16N2O3S. The van der Waals surface area contributed by atoms with E-state index in [4.69, 9.17) is 5.11 Å². The zero-order valence-corrected chi connectivity index (χ0v) is 11.7. The minimum absolute atomic E-state index is 0.125. The maximum atomic E-state index is 12.0. The molecule has 1 amide bonds. The summed E-state index contributed by atoms with van der Waals surface area (Å²) in [4.78, 5) is 15.9. The van der Waals surface area contributed by atoms with Gasteiger partial charge in [-0.2, -0.15) is 0 Å². The quantitative estimate of drug-likeness (QED) is 0.756. The fourth-order valence-corrected chi connectivity index (χ4v) is 1.58. The third-order valence-corrected chi connectivity index (χ3v) is 3.74. The second-order valence-corrected chi connectivity index (χ2v) is 5.68. The van der Waals surface area contributed by atoms with Gasteiger partial charge in [0.05, 0.1) is 5.56 Å². The van der Waals surface area contributed by atoms with Crippen LogP contribution in [0.25, 0.3) is 0 Å². The number of pyridine rings is 1. The van der Waals surface area contributed by atoms with Crippen molar-refractivity contribution in [2.75, 3.05) is 19.4 Å². The summed E-state index contributed by atoms with van der Waals surface area (Å²) < 4.78 is 11.2. The maximum Gasteiger partial charge on any atom is 0.271 e. The van der Waals surface area contributed by atoms with E-state index in [9.17, 15) is 9.00 Å². The van der Waals surface area contributed by atoms with Gasteiger partial charge in [0.1, 0.15) is 12.3 Å². The highest BCUT2D eigenvalue weighted by atomic mass is 32.2. The van der Waals surface area contributed by atoms with E-state index in [0.29, 0.717) is 12.1 Å². The molecule has 0 saturated heterocycles. The van der Waals surface area contributed by atoms with E-state index >= 15 is 0 Å². The largest absolute Gasteiger partial charge is 0.384 e. The number of carbonyl (C=O) groups excluding carboxylic acids is 1.